The Morgan fingerprint density at radius 1 is 0.879 bits per heavy atom. The molecule has 0 spiro atoms. The van der Waals surface area contributed by atoms with Gasteiger partial charge in [0.2, 0.25) is 15.6 Å². The number of carbonyl (C=O) groups is 1. The van der Waals surface area contributed by atoms with Crippen molar-refractivity contribution in [1.29, 1.82) is 0 Å². The molecule has 4 rings (SSSR count). The van der Waals surface area contributed by atoms with Gasteiger partial charge in [-0.25, -0.2) is 8.42 Å². The fourth-order valence-corrected chi connectivity index (χ4v) is 6.57. The zero-order chi connectivity index (χ0) is 23.8. The smallest absolute Gasteiger partial charge is 0.211 e. The fraction of sp³-hybridized carbons (Fsp3) is 0.115. The summed E-state index contributed by atoms with van der Waals surface area (Å²) in [5.41, 5.74) is 10.4. The summed E-state index contributed by atoms with van der Waals surface area (Å²) in [5, 5.41) is 3.51. The first kappa shape index (κ1) is 22.8. The number of anilines is 3. The molecule has 0 amide bonds. The van der Waals surface area contributed by atoms with Crippen molar-refractivity contribution in [2.75, 3.05) is 11.1 Å². The standard InChI is InChI=1S/C26H24N2O3S2/c1-16-8-7-9-19(14-16)28-26-25(33(30,31)20-10-5-4-6-11-20)22(27)24(32-26)23(29)21-15-17(2)12-13-18(21)3/h4-15,28H,27H2,1-3H3. The number of nitrogens with one attached hydrogen (secondary N) is 1. The third kappa shape index (κ3) is 4.42. The second-order valence-corrected chi connectivity index (χ2v) is 10.9. The van der Waals surface area contributed by atoms with E-state index in [2.05, 4.69) is 5.32 Å². The first-order chi connectivity index (χ1) is 15.7. The summed E-state index contributed by atoms with van der Waals surface area (Å²) in [4.78, 5) is 13.7. The molecule has 1 heterocycles. The van der Waals surface area contributed by atoms with Crippen molar-refractivity contribution in [3.8, 4) is 0 Å². The van der Waals surface area contributed by atoms with E-state index < -0.39 is 9.84 Å². The first-order valence-electron chi connectivity index (χ1n) is 10.4. The van der Waals surface area contributed by atoms with Crippen molar-refractivity contribution >= 4 is 43.3 Å². The van der Waals surface area contributed by atoms with Crippen LogP contribution in [0.15, 0.2) is 82.6 Å². The van der Waals surface area contributed by atoms with Crippen molar-refractivity contribution in [2.45, 2.75) is 30.6 Å². The maximum atomic E-state index is 13.6. The van der Waals surface area contributed by atoms with E-state index in [1.807, 2.05) is 57.2 Å². The highest BCUT2D eigenvalue weighted by molar-refractivity contribution is 7.92. The maximum absolute atomic E-state index is 13.6. The summed E-state index contributed by atoms with van der Waals surface area (Å²) in [6.45, 7) is 5.71. The zero-order valence-corrected chi connectivity index (χ0v) is 20.2. The maximum Gasteiger partial charge on any atom is 0.211 e. The highest BCUT2D eigenvalue weighted by Crippen LogP contribution is 2.44. The highest BCUT2D eigenvalue weighted by atomic mass is 32.2. The van der Waals surface area contributed by atoms with Crippen LogP contribution in [0.4, 0.5) is 16.4 Å². The van der Waals surface area contributed by atoms with Crippen LogP contribution >= 0.6 is 11.3 Å². The van der Waals surface area contributed by atoms with Gasteiger partial charge in [-0.1, -0.05) is 48.0 Å². The summed E-state index contributed by atoms with van der Waals surface area (Å²) in [6, 6.07) is 21.3. The van der Waals surface area contributed by atoms with Crippen LogP contribution in [0.3, 0.4) is 0 Å². The molecule has 0 atom stereocenters. The lowest BCUT2D eigenvalue weighted by atomic mass is 10.0. The summed E-state index contributed by atoms with van der Waals surface area (Å²) >= 11 is 1.06. The molecule has 1 aromatic heterocycles. The molecule has 0 aliphatic rings. The van der Waals surface area contributed by atoms with E-state index in [4.69, 9.17) is 5.73 Å². The van der Waals surface area contributed by atoms with Gasteiger partial charge in [-0.15, -0.1) is 11.3 Å². The lowest BCUT2D eigenvalue weighted by Gasteiger charge is -2.10. The molecule has 0 saturated heterocycles. The fourth-order valence-electron chi connectivity index (χ4n) is 3.62. The summed E-state index contributed by atoms with van der Waals surface area (Å²) in [5.74, 6) is -0.291. The molecule has 33 heavy (non-hydrogen) atoms. The molecule has 5 nitrogen and oxygen atoms in total. The van der Waals surface area contributed by atoms with E-state index >= 15 is 0 Å². The van der Waals surface area contributed by atoms with Crippen molar-refractivity contribution in [1.82, 2.24) is 0 Å². The summed E-state index contributed by atoms with van der Waals surface area (Å²) in [7, 11) is -3.97. The SMILES string of the molecule is Cc1cccc(Nc2sc(C(=O)c3cc(C)ccc3C)c(N)c2S(=O)(=O)c2ccccc2)c1. The second kappa shape index (κ2) is 8.84. The van der Waals surface area contributed by atoms with Crippen LogP contribution in [0.1, 0.15) is 31.9 Å². The average Bonchev–Trinajstić information content (AvgIpc) is 3.12. The Morgan fingerprint density at radius 2 is 1.58 bits per heavy atom. The van der Waals surface area contributed by atoms with Crippen LogP contribution in [0.2, 0.25) is 0 Å². The highest BCUT2D eigenvalue weighted by Gasteiger charge is 2.32. The molecule has 0 bridgehead atoms. The number of thiophene rings is 1. The molecule has 0 radical (unpaired) electrons. The van der Waals surface area contributed by atoms with Crippen LogP contribution < -0.4 is 11.1 Å². The quantitative estimate of drug-likeness (QED) is 0.330. The molecule has 3 aromatic carbocycles. The van der Waals surface area contributed by atoms with E-state index in [9.17, 15) is 13.2 Å². The van der Waals surface area contributed by atoms with Gasteiger partial charge in [0.05, 0.1) is 10.6 Å². The lowest BCUT2D eigenvalue weighted by molar-refractivity contribution is 0.104. The molecular weight excluding hydrogens is 452 g/mol. The minimum absolute atomic E-state index is 0.0371. The number of nitrogen functional groups attached to an aromatic ring is 1. The van der Waals surface area contributed by atoms with Gasteiger partial charge in [0.15, 0.2) is 0 Å². The van der Waals surface area contributed by atoms with Crippen LogP contribution in [0.25, 0.3) is 0 Å². The Morgan fingerprint density at radius 3 is 2.27 bits per heavy atom. The van der Waals surface area contributed by atoms with Gasteiger partial charge in [-0.2, -0.15) is 0 Å². The number of carbonyl (C=O) groups excluding carboxylic acids is 1. The van der Waals surface area contributed by atoms with Gasteiger partial charge in [0.1, 0.15) is 14.8 Å². The van der Waals surface area contributed by atoms with Crippen molar-refractivity contribution < 1.29 is 13.2 Å². The van der Waals surface area contributed by atoms with E-state index in [-0.39, 0.29) is 26.1 Å². The molecule has 7 heteroatoms. The average molecular weight is 477 g/mol. The monoisotopic (exact) mass is 476 g/mol. The lowest BCUT2D eigenvalue weighted by Crippen LogP contribution is -2.09. The minimum atomic E-state index is -3.97. The molecule has 0 fully saturated rings. The van der Waals surface area contributed by atoms with Gasteiger partial charge < -0.3 is 11.1 Å². The zero-order valence-electron chi connectivity index (χ0n) is 18.5. The van der Waals surface area contributed by atoms with Crippen LogP contribution in [-0.2, 0) is 9.84 Å². The number of ketones is 1. The normalized spacial score (nSPS) is 11.4. The largest absolute Gasteiger partial charge is 0.396 e. The van der Waals surface area contributed by atoms with Crippen molar-refractivity contribution in [2.24, 2.45) is 0 Å². The number of benzene rings is 3. The van der Waals surface area contributed by atoms with E-state index in [0.29, 0.717) is 16.3 Å². The van der Waals surface area contributed by atoms with Crippen LogP contribution in [0.5, 0.6) is 0 Å². The van der Waals surface area contributed by atoms with E-state index in [1.165, 1.54) is 12.1 Å². The Bertz CT molecular complexity index is 1460. The number of hydrogen-bond acceptors (Lipinski definition) is 6. The van der Waals surface area contributed by atoms with Crippen molar-refractivity contribution in [3.05, 3.63) is 99.9 Å². The molecule has 0 aliphatic heterocycles. The molecule has 0 aliphatic carbocycles. The minimum Gasteiger partial charge on any atom is -0.396 e. The van der Waals surface area contributed by atoms with E-state index in [1.54, 1.807) is 24.3 Å². The van der Waals surface area contributed by atoms with Gasteiger partial charge in [0.25, 0.3) is 0 Å². The molecule has 3 N–H and O–H groups in total. The Labute approximate surface area is 197 Å². The van der Waals surface area contributed by atoms with Gasteiger partial charge in [-0.05, 0) is 62.2 Å². The predicted molar refractivity (Wildman–Crippen MR) is 134 cm³/mol. The number of hydrogen-bond donors (Lipinski definition) is 2. The Hall–Kier alpha value is -3.42. The first-order valence-corrected chi connectivity index (χ1v) is 12.7. The molecular formula is C26H24N2O3S2. The van der Waals surface area contributed by atoms with Crippen LogP contribution in [0, 0.1) is 20.8 Å². The molecule has 168 valence electrons. The Kier molecular flexibility index (Phi) is 6.10. The third-order valence-electron chi connectivity index (χ3n) is 5.34. The number of nitrogens with two attached hydrogens (primary N) is 1. The van der Waals surface area contributed by atoms with Crippen LogP contribution in [-0.4, -0.2) is 14.2 Å². The van der Waals surface area contributed by atoms with Crippen molar-refractivity contribution in [3.63, 3.8) is 0 Å². The number of aryl methyl sites for hydroxylation is 3. The van der Waals surface area contributed by atoms with Gasteiger partial charge in [-0.3, -0.25) is 4.79 Å². The number of sulfone groups is 1. The molecule has 0 saturated carbocycles. The topological polar surface area (TPSA) is 89.3 Å². The summed E-state index contributed by atoms with van der Waals surface area (Å²) < 4.78 is 27.2. The molecule has 0 unspecified atom stereocenters. The van der Waals surface area contributed by atoms with E-state index in [0.717, 1.165) is 28.0 Å². The predicted octanol–water partition coefficient (Wildman–Crippen LogP) is 6.06. The summed E-state index contributed by atoms with van der Waals surface area (Å²) in [6.07, 6.45) is 0. The van der Waals surface area contributed by atoms with Gasteiger partial charge in [0, 0.05) is 11.3 Å². The third-order valence-corrected chi connectivity index (χ3v) is 8.44. The second-order valence-electron chi connectivity index (χ2n) is 7.96. The number of rotatable bonds is 6. The van der Waals surface area contributed by atoms with Gasteiger partial charge >= 0.3 is 0 Å². The molecule has 4 aromatic rings. The Balaban J connectivity index is 1.91.